The van der Waals surface area contributed by atoms with E-state index in [0.717, 1.165) is 19.3 Å². The summed E-state index contributed by atoms with van der Waals surface area (Å²) in [4.78, 5) is 24.0. The number of nitrogens with one attached hydrogen (secondary N) is 1. The highest BCUT2D eigenvalue weighted by molar-refractivity contribution is 6.31. The number of alkyl halides is 1. The molecule has 1 atom stereocenters. The molecule has 5 heteroatoms. The Bertz CT molecular complexity index is 219. The zero-order valence-electron chi connectivity index (χ0n) is 9.55. The monoisotopic (exact) mass is 234 g/mol. The van der Waals surface area contributed by atoms with Gasteiger partial charge in [0.25, 0.3) is 0 Å². The van der Waals surface area contributed by atoms with E-state index in [1.807, 2.05) is 0 Å². The molecule has 0 spiro atoms. The van der Waals surface area contributed by atoms with Crippen LogP contribution in [0.3, 0.4) is 0 Å². The van der Waals surface area contributed by atoms with Crippen LogP contribution in [0.5, 0.6) is 0 Å². The fraction of sp³-hybridized carbons (Fsp3) is 0.800. The minimum absolute atomic E-state index is 0.386. The Morgan fingerprint density at radius 3 is 2.47 bits per heavy atom. The molecule has 3 amide bonds. The van der Waals surface area contributed by atoms with Crippen molar-refractivity contribution in [3.8, 4) is 0 Å². The van der Waals surface area contributed by atoms with Gasteiger partial charge in [-0.2, -0.15) is 0 Å². The summed E-state index contributed by atoms with van der Waals surface area (Å²) in [5, 5.41) is 1.54. The Morgan fingerprint density at radius 2 is 2.00 bits per heavy atom. The second-order valence-corrected chi connectivity index (χ2v) is 4.19. The van der Waals surface area contributed by atoms with Crippen molar-refractivity contribution in [2.24, 2.45) is 0 Å². The van der Waals surface area contributed by atoms with Crippen molar-refractivity contribution in [3.63, 3.8) is 0 Å². The first kappa shape index (κ1) is 14.2. The molecule has 0 rings (SSSR count). The molecule has 0 bridgehead atoms. The number of carbonyl (C=O) groups is 2. The second kappa shape index (κ2) is 7.51. The largest absolute Gasteiger partial charge is 0.328 e. The molecule has 0 fully saturated rings. The molecule has 0 aliphatic heterocycles. The molecule has 88 valence electrons. The number of nitrogens with zero attached hydrogens (tertiary/aromatic N) is 1. The van der Waals surface area contributed by atoms with E-state index < -0.39 is 11.3 Å². The first-order chi connectivity index (χ1) is 6.99. The maximum absolute atomic E-state index is 11.4. The lowest BCUT2D eigenvalue weighted by molar-refractivity contribution is -0.119. The van der Waals surface area contributed by atoms with Gasteiger partial charge in [-0.3, -0.25) is 10.1 Å². The average molecular weight is 235 g/mol. The average Bonchev–Trinajstić information content (AvgIpc) is 2.17. The molecule has 1 N–H and O–H groups in total. The van der Waals surface area contributed by atoms with Crippen molar-refractivity contribution < 1.29 is 9.59 Å². The highest BCUT2D eigenvalue weighted by atomic mass is 35.5. The van der Waals surface area contributed by atoms with Gasteiger partial charge in [0.15, 0.2) is 0 Å². The van der Waals surface area contributed by atoms with Crippen LogP contribution in [0.4, 0.5) is 4.79 Å². The molecule has 0 aliphatic carbocycles. The van der Waals surface area contributed by atoms with Gasteiger partial charge in [0, 0.05) is 13.6 Å². The van der Waals surface area contributed by atoms with Crippen LogP contribution in [-0.2, 0) is 4.79 Å². The van der Waals surface area contributed by atoms with Crippen LogP contribution in [0, 0.1) is 0 Å². The fourth-order valence-corrected chi connectivity index (χ4v) is 1.06. The maximum Gasteiger partial charge on any atom is 0.323 e. The number of rotatable bonds is 5. The minimum atomic E-state index is -0.682. The third kappa shape index (κ3) is 6.33. The van der Waals surface area contributed by atoms with Crippen LogP contribution < -0.4 is 5.32 Å². The Hall–Kier alpha value is -0.770. The number of carbonyl (C=O) groups excluding carboxylic acids is 2. The van der Waals surface area contributed by atoms with Gasteiger partial charge >= 0.3 is 6.03 Å². The fourth-order valence-electron chi connectivity index (χ4n) is 1.00. The number of hydrogen-bond donors (Lipinski definition) is 1. The van der Waals surface area contributed by atoms with Crippen LogP contribution in [0.1, 0.15) is 33.1 Å². The van der Waals surface area contributed by atoms with E-state index in [0.29, 0.717) is 6.54 Å². The van der Waals surface area contributed by atoms with Crippen molar-refractivity contribution in [2.45, 2.75) is 38.5 Å². The van der Waals surface area contributed by atoms with Crippen molar-refractivity contribution in [1.29, 1.82) is 0 Å². The lowest BCUT2D eigenvalue weighted by atomic mass is 10.2. The summed E-state index contributed by atoms with van der Waals surface area (Å²) in [6, 6.07) is -0.386. The lowest BCUT2D eigenvalue weighted by Crippen LogP contribution is -2.43. The maximum atomic E-state index is 11.4. The van der Waals surface area contributed by atoms with Crippen LogP contribution >= 0.6 is 11.6 Å². The van der Waals surface area contributed by atoms with Crippen molar-refractivity contribution in [3.05, 3.63) is 0 Å². The first-order valence-corrected chi connectivity index (χ1v) is 5.62. The number of hydrogen-bond acceptors (Lipinski definition) is 2. The quantitative estimate of drug-likeness (QED) is 0.584. The zero-order valence-corrected chi connectivity index (χ0v) is 10.3. The summed E-state index contributed by atoms with van der Waals surface area (Å²) in [7, 11) is 1.66. The number of urea groups is 1. The number of unbranched alkanes of at least 4 members (excludes halogenated alkanes) is 2. The predicted molar refractivity (Wildman–Crippen MR) is 61.0 cm³/mol. The van der Waals surface area contributed by atoms with Crippen LogP contribution in [-0.4, -0.2) is 35.8 Å². The summed E-state index contributed by atoms with van der Waals surface area (Å²) in [5.41, 5.74) is 0. The van der Waals surface area contributed by atoms with Gasteiger partial charge in [-0.1, -0.05) is 19.8 Å². The Kier molecular flexibility index (Phi) is 7.13. The molecular weight excluding hydrogens is 216 g/mol. The van der Waals surface area contributed by atoms with Crippen molar-refractivity contribution in [1.82, 2.24) is 10.2 Å². The third-order valence-electron chi connectivity index (χ3n) is 2.04. The van der Waals surface area contributed by atoms with Crippen molar-refractivity contribution >= 4 is 23.5 Å². The molecule has 0 saturated heterocycles. The van der Waals surface area contributed by atoms with E-state index >= 15 is 0 Å². The first-order valence-electron chi connectivity index (χ1n) is 5.19. The topological polar surface area (TPSA) is 49.4 Å². The van der Waals surface area contributed by atoms with Gasteiger partial charge in [-0.25, -0.2) is 4.79 Å². The van der Waals surface area contributed by atoms with Gasteiger partial charge in [0.05, 0.1) is 0 Å². The van der Waals surface area contributed by atoms with Gasteiger partial charge < -0.3 is 4.90 Å². The molecule has 0 aliphatic rings. The van der Waals surface area contributed by atoms with E-state index in [4.69, 9.17) is 11.6 Å². The zero-order chi connectivity index (χ0) is 11.8. The minimum Gasteiger partial charge on any atom is -0.328 e. The molecular formula is C10H19ClN2O2. The number of halogens is 1. The summed E-state index contributed by atoms with van der Waals surface area (Å²) in [6.07, 6.45) is 3.13. The highest BCUT2D eigenvalue weighted by Crippen LogP contribution is 1.98. The van der Waals surface area contributed by atoms with Crippen LogP contribution in [0.2, 0.25) is 0 Å². The van der Waals surface area contributed by atoms with E-state index in [1.165, 1.54) is 11.8 Å². The SMILES string of the molecule is CCCCCN(C)C(=O)NC(=O)C(C)Cl. The summed E-state index contributed by atoms with van der Waals surface area (Å²) in [5.74, 6) is -0.455. The molecule has 15 heavy (non-hydrogen) atoms. The highest BCUT2D eigenvalue weighted by Gasteiger charge is 2.15. The van der Waals surface area contributed by atoms with E-state index in [9.17, 15) is 9.59 Å². The van der Waals surface area contributed by atoms with Crippen molar-refractivity contribution in [2.75, 3.05) is 13.6 Å². The molecule has 1 unspecified atom stereocenters. The molecule has 0 aromatic heterocycles. The third-order valence-corrected chi connectivity index (χ3v) is 2.23. The standard InChI is InChI=1S/C10H19ClN2O2/c1-4-5-6-7-13(3)10(15)12-9(14)8(2)11/h8H,4-7H2,1-3H3,(H,12,14,15). The Labute approximate surface area is 96.0 Å². The molecule has 0 saturated carbocycles. The molecule has 4 nitrogen and oxygen atoms in total. The van der Waals surface area contributed by atoms with Crippen LogP contribution in [0.15, 0.2) is 0 Å². The number of amides is 3. The van der Waals surface area contributed by atoms with Crippen LogP contribution in [0.25, 0.3) is 0 Å². The Balaban J connectivity index is 3.83. The summed E-state index contributed by atoms with van der Waals surface area (Å²) in [6.45, 7) is 4.28. The molecule has 0 heterocycles. The summed E-state index contributed by atoms with van der Waals surface area (Å²) < 4.78 is 0. The van der Waals surface area contributed by atoms with Gasteiger partial charge in [-0.05, 0) is 13.3 Å². The van der Waals surface area contributed by atoms with Gasteiger partial charge in [-0.15, -0.1) is 11.6 Å². The predicted octanol–water partition coefficient (Wildman–Crippen LogP) is 1.97. The molecule has 0 aromatic carbocycles. The lowest BCUT2D eigenvalue weighted by Gasteiger charge is -2.17. The molecule has 0 radical (unpaired) electrons. The second-order valence-electron chi connectivity index (χ2n) is 3.54. The van der Waals surface area contributed by atoms with Gasteiger partial charge in [0.1, 0.15) is 5.38 Å². The van der Waals surface area contributed by atoms with E-state index in [1.54, 1.807) is 7.05 Å². The molecule has 0 aromatic rings. The Morgan fingerprint density at radius 1 is 1.40 bits per heavy atom. The van der Waals surface area contributed by atoms with E-state index in [2.05, 4.69) is 12.2 Å². The smallest absolute Gasteiger partial charge is 0.323 e. The van der Waals surface area contributed by atoms with Gasteiger partial charge in [0.2, 0.25) is 5.91 Å². The number of imide groups is 1. The summed E-state index contributed by atoms with van der Waals surface area (Å²) >= 11 is 5.52. The normalized spacial score (nSPS) is 12.0. The van der Waals surface area contributed by atoms with E-state index in [-0.39, 0.29) is 6.03 Å².